The third-order valence-electron chi connectivity index (χ3n) is 4.05. The number of nitrogens with zero attached hydrogens (tertiary/aromatic N) is 5. The second kappa shape index (κ2) is 7.34. The minimum absolute atomic E-state index is 0.209. The standard InChI is InChI=1S/C17H19N5O4/c1-4-25-17(24)12-8-14(26-20-12)15-19-10-13(22(15)3)16(23)21(2)11-6-5-7-18-9-11/h5-7,9-10,14H,4,8H2,1-3H3. The fraction of sp³-hybridized carbons (Fsp3) is 0.353. The zero-order valence-electron chi connectivity index (χ0n) is 14.7. The van der Waals surface area contributed by atoms with Crippen LogP contribution in [0.15, 0.2) is 35.9 Å². The average molecular weight is 357 g/mol. The van der Waals surface area contributed by atoms with Crippen molar-refractivity contribution < 1.29 is 19.2 Å². The smallest absolute Gasteiger partial charge is 0.356 e. The third kappa shape index (κ3) is 3.28. The van der Waals surface area contributed by atoms with Gasteiger partial charge in [0.05, 0.1) is 24.7 Å². The zero-order chi connectivity index (χ0) is 18.7. The highest BCUT2D eigenvalue weighted by Gasteiger charge is 2.32. The van der Waals surface area contributed by atoms with Crippen molar-refractivity contribution in [2.75, 3.05) is 18.6 Å². The number of hydrogen-bond donors (Lipinski definition) is 0. The molecule has 2 aromatic heterocycles. The van der Waals surface area contributed by atoms with Crippen LogP contribution >= 0.6 is 0 Å². The Morgan fingerprint density at radius 2 is 2.23 bits per heavy atom. The molecule has 1 aliphatic heterocycles. The number of carbonyl (C=O) groups is 2. The van der Waals surface area contributed by atoms with Crippen molar-refractivity contribution in [2.45, 2.75) is 19.4 Å². The first-order valence-electron chi connectivity index (χ1n) is 8.12. The van der Waals surface area contributed by atoms with Gasteiger partial charge in [0.15, 0.2) is 17.6 Å². The maximum Gasteiger partial charge on any atom is 0.356 e. The molecule has 1 aliphatic rings. The topological polar surface area (TPSA) is 98.9 Å². The molecule has 26 heavy (non-hydrogen) atoms. The number of anilines is 1. The minimum Gasteiger partial charge on any atom is -0.461 e. The summed E-state index contributed by atoms with van der Waals surface area (Å²) in [6.45, 7) is 1.99. The van der Waals surface area contributed by atoms with Crippen LogP contribution in [0, 0.1) is 0 Å². The highest BCUT2D eigenvalue weighted by Crippen LogP contribution is 2.27. The summed E-state index contributed by atoms with van der Waals surface area (Å²) < 4.78 is 6.56. The van der Waals surface area contributed by atoms with E-state index in [-0.39, 0.29) is 24.6 Å². The lowest BCUT2D eigenvalue weighted by molar-refractivity contribution is -0.135. The Hall–Kier alpha value is -3.23. The van der Waals surface area contributed by atoms with Crippen molar-refractivity contribution >= 4 is 23.3 Å². The van der Waals surface area contributed by atoms with Crippen molar-refractivity contribution in [1.29, 1.82) is 0 Å². The van der Waals surface area contributed by atoms with E-state index >= 15 is 0 Å². The van der Waals surface area contributed by atoms with E-state index in [0.717, 1.165) is 0 Å². The third-order valence-corrected chi connectivity index (χ3v) is 4.05. The molecule has 0 spiro atoms. The lowest BCUT2D eigenvalue weighted by Gasteiger charge is -2.17. The summed E-state index contributed by atoms with van der Waals surface area (Å²) >= 11 is 0. The first-order valence-corrected chi connectivity index (χ1v) is 8.12. The van der Waals surface area contributed by atoms with Gasteiger partial charge < -0.3 is 19.0 Å². The highest BCUT2D eigenvalue weighted by molar-refractivity contribution is 6.36. The van der Waals surface area contributed by atoms with Gasteiger partial charge in [-0.25, -0.2) is 9.78 Å². The molecular formula is C17H19N5O4. The monoisotopic (exact) mass is 357 g/mol. The molecule has 0 aliphatic carbocycles. The zero-order valence-corrected chi connectivity index (χ0v) is 14.7. The van der Waals surface area contributed by atoms with Crippen LogP contribution in [0.2, 0.25) is 0 Å². The number of hydrogen-bond acceptors (Lipinski definition) is 7. The van der Waals surface area contributed by atoms with Crippen LogP contribution in [-0.2, 0) is 21.4 Å². The maximum atomic E-state index is 12.7. The van der Waals surface area contributed by atoms with Crippen LogP contribution in [-0.4, -0.2) is 45.8 Å². The summed E-state index contributed by atoms with van der Waals surface area (Å²) in [6, 6.07) is 3.55. The molecular weight excluding hydrogens is 338 g/mol. The van der Waals surface area contributed by atoms with E-state index in [1.807, 2.05) is 0 Å². The molecule has 136 valence electrons. The van der Waals surface area contributed by atoms with Gasteiger partial charge >= 0.3 is 5.97 Å². The fourth-order valence-corrected chi connectivity index (χ4v) is 2.61. The molecule has 0 saturated carbocycles. The molecule has 2 aromatic rings. The molecule has 9 nitrogen and oxygen atoms in total. The van der Waals surface area contributed by atoms with Crippen molar-refractivity contribution in [3.05, 3.63) is 42.2 Å². The van der Waals surface area contributed by atoms with E-state index in [2.05, 4.69) is 15.1 Å². The van der Waals surface area contributed by atoms with E-state index in [9.17, 15) is 9.59 Å². The van der Waals surface area contributed by atoms with Crippen molar-refractivity contribution in [1.82, 2.24) is 14.5 Å². The molecule has 1 amide bonds. The molecule has 0 saturated heterocycles. The van der Waals surface area contributed by atoms with E-state index in [1.54, 1.807) is 50.1 Å². The number of amides is 1. The number of carbonyl (C=O) groups excluding carboxylic acids is 2. The van der Waals surface area contributed by atoms with Gasteiger partial charge in [0, 0.05) is 26.7 Å². The second-order valence-corrected chi connectivity index (χ2v) is 5.69. The van der Waals surface area contributed by atoms with Gasteiger partial charge in [-0.1, -0.05) is 5.16 Å². The highest BCUT2D eigenvalue weighted by atomic mass is 16.6. The number of esters is 1. The number of oxime groups is 1. The Morgan fingerprint density at radius 3 is 2.92 bits per heavy atom. The van der Waals surface area contributed by atoms with Gasteiger partial charge in [0.2, 0.25) is 0 Å². The van der Waals surface area contributed by atoms with Crippen molar-refractivity contribution in [3.8, 4) is 0 Å². The summed E-state index contributed by atoms with van der Waals surface area (Å²) in [5.74, 6) is -0.225. The molecule has 1 atom stereocenters. The minimum atomic E-state index is -0.537. The molecule has 0 N–H and O–H groups in total. The van der Waals surface area contributed by atoms with Crippen LogP contribution in [0.3, 0.4) is 0 Å². The molecule has 3 heterocycles. The van der Waals surface area contributed by atoms with E-state index < -0.39 is 12.1 Å². The molecule has 1 unspecified atom stereocenters. The van der Waals surface area contributed by atoms with E-state index in [4.69, 9.17) is 9.57 Å². The van der Waals surface area contributed by atoms with Crippen LogP contribution in [0.1, 0.15) is 35.8 Å². The molecule has 0 radical (unpaired) electrons. The Labute approximate surface area is 150 Å². The lowest BCUT2D eigenvalue weighted by atomic mass is 10.1. The van der Waals surface area contributed by atoms with Gasteiger partial charge in [-0.15, -0.1) is 0 Å². The van der Waals surface area contributed by atoms with Crippen molar-refractivity contribution in [2.24, 2.45) is 12.2 Å². The summed E-state index contributed by atoms with van der Waals surface area (Å²) in [5, 5.41) is 3.78. The van der Waals surface area contributed by atoms with Gasteiger partial charge in [0.25, 0.3) is 5.91 Å². The second-order valence-electron chi connectivity index (χ2n) is 5.69. The average Bonchev–Trinajstić information content (AvgIpc) is 3.28. The van der Waals surface area contributed by atoms with Crippen LogP contribution in [0.5, 0.6) is 0 Å². The van der Waals surface area contributed by atoms with Gasteiger partial charge in [-0.05, 0) is 19.1 Å². The predicted molar refractivity (Wildman–Crippen MR) is 92.7 cm³/mol. The molecule has 0 aromatic carbocycles. The molecule has 9 heteroatoms. The van der Waals surface area contributed by atoms with Crippen LogP contribution in [0.4, 0.5) is 5.69 Å². The Morgan fingerprint density at radius 1 is 1.42 bits per heavy atom. The maximum absolute atomic E-state index is 12.7. The SMILES string of the molecule is CCOC(=O)C1=NOC(c2ncc(C(=O)N(C)c3cccnc3)n2C)C1. The van der Waals surface area contributed by atoms with E-state index in [0.29, 0.717) is 17.2 Å². The van der Waals surface area contributed by atoms with Crippen LogP contribution in [0.25, 0.3) is 0 Å². The largest absolute Gasteiger partial charge is 0.461 e. The Bertz CT molecular complexity index is 846. The van der Waals surface area contributed by atoms with Crippen LogP contribution < -0.4 is 4.90 Å². The van der Waals surface area contributed by atoms with E-state index in [1.165, 1.54) is 11.1 Å². The molecule has 3 rings (SSSR count). The van der Waals surface area contributed by atoms with Gasteiger partial charge in [-0.3, -0.25) is 9.78 Å². The molecule has 0 fully saturated rings. The quantitative estimate of drug-likeness (QED) is 0.752. The molecule has 0 bridgehead atoms. The number of ether oxygens (including phenoxy) is 1. The first-order chi connectivity index (χ1) is 12.5. The Kier molecular flexibility index (Phi) is 4.97. The lowest BCUT2D eigenvalue weighted by Crippen LogP contribution is -2.28. The number of rotatable bonds is 5. The normalized spacial score (nSPS) is 16.0. The summed E-state index contributed by atoms with van der Waals surface area (Å²) in [4.78, 5) is 39.6. The Balaban J connectivity index is 1.75. The summed E-state index contributed by atoms with van der Waals surface area (Å²) in [5.41, 5.74) is 1.27. The van der Waals surface area contributed by atoms with Gasteiger partial charge in [-0.2, -0.15) is 0 Å². The number of aromatic nitrogens is 3. The first kappa shape index (κ1) is 17.6. The van der Waals surface area contributed by atoms with Gasteiger partial charge in [0.1, 0.15) is 5.69 Å². The number of pyridine rings is 1. The summed E-state index contributed by atoms with van der Waals surface area (Å²) in [6.07, 6.45) is 4.44. The summed E-state index contributed by atoms with van der Waals surface area (Å²) in [7, 11) is 3.39. The fourth-order valence-electron chi connectivity index (χ4n) is 2.61. The number of imidazole rings is 1. The van der Waals surface area contributed by atoms with Crippen molar-refractivity contribution in [3.63, 3.8) is 0 Å². The predicted octanol–water partition coefficient (Wildman–Crippen LogP) is 1.47.